The molecular weight excluding hydrogens is 399 g/mol. The van der Waals surface area contributed by atoms with Crippen molar-refractivity contribution >= 4 is 40.0 Å². The van der Waals surface area contributed by atoms with Crippen molar-refractivity contribution in [3.63, 3.8) is 0 Å². The molecule has 28 heavy (non-hydrogen) atoms. The minimum absolute atomic E-state index is 0.0347. The zero-order valence-corrected chi connectivity index (χ0v) is 17.5. The number of amides is 2. The van der Waals surface area contributed by atoms with Crippen LogP contribution < -0.4 is 5.32 Å². The zero-order valence-electron chi connectivity index (χ0n) is 15.9. The topological polar surface area (TPSA) is 75.2 Å². The van der Waals surface area contributed by atoms with E-state index in [0.29, 0.717) is 29.9 Å². The third kappa shape index (κ3) is 5.51. The van der Waals surface area contributed by atoms with Crippen LogP contribution in [0.15, 0.2) is 28.6 Å². The number of aromatic nitrogens is 2. The number of nitrogens with zero attached hydrogens (tertiary/aromatic N) is 3. The first kappa shape index (κ1) is 20.7. The van der Waals surface area contributed by atoms with Crippen molar-refractivity contribution < 1.29 is 14.0 Å². The van der Waals surface area contributed by atoms with E-state index >= 15 is 0 Å². The van der Waals surface area contributed by atoms with Crippen LogP contribution in [0.2, 0.25) is 0 Å². The summed E-state index contributed by atoms with van der Waals surface area (Å²) in [5.74, 6) is -0.906. The molecular formula is C19H23FN4O2S2. The molecule has 2 unspecified atom stereocenters. The highest BCUT2D eigenvalue weighted by Crippen LogP contribution is 2.30. The molecule has 2 atom stereocenters. The number of benzene rings is 1. The van der Waals surface area contributed by atoms with Crippen molar-refractivity contribution in [1.82, 2.24) is 15.1 Å². The van der Waals surface area contributed by atoms with Crippen LogP contribution in [0.25, 0.3) is 0 Å². The Morgan fingerprint density at radius 2 is 2.14 bits per heavy atom. The van der Waals surface area contributed by atoms with Gasteiger partial charge in [-0.3, -0.25) is 9.59 Å². The minimum atomic E-state index is -0.393. The van der Waals surface area contributed by atoms with E-state index in [1.807, 2.05) is 0 Å². The SMILES string of the molecule is CCC(C)Sc1nnc(NC(=O)C2CC(=O)N(CCc3ccc(F)cc3)C2)s1. The van der Waals surface area contributed by atoms with Crippen LogP contribution in [0.1, 0.15) is 32.3 Å². The van der Waals surface area contributed by atoms with Gasteiger partial charge in [0.2, 0.25) is 16.9 Å². The summed E-state index contributed by atoms with van der Waals surface area (Å²) < 4.78 is 13.8. The van der Waals surface area contributed by atoms with Gasteiger partial charge in [-0.1, -0.05) is 49.1 Å². The Kier molecular flexibility index (Phi) is 7.01. The van der Waals surface area contributed by atoms with Crippen LogP contribution in [-0.4, -0.2) is 45.3 Å². The van der Waals surface area contributed by atoms with Gasteiger partial charge < -0.3 is 10.2 Å². The Balaban J connectivity index is 1.50. The van der Waals surface area contributed by atoms with Crippen molar-refractivity contribution in [3.8, 4) is 0 Å². The van der Waals surface area contributed by atoms with Crippen molar-refractivity contribution in [1.29, 1.82) is 0 Å². The zero-order chi connectivity index (χ0) is 20.1. The number of rotatable bonds is 8. The summed E-state index contributed by atoms with van der Waals surface area (Å²) in [6.07, 6.45) is 1.86. The fourth-order valence-corrected chi connectivity index (χ4v) is 4.85. The molecule has 1 aliphatic rings. The van der Waals surface area contributed by atoms with Crippen LogP contribution in [0, 0.1) is 11.7 Å². The fraction of sp³-hybridized carbons (Fsp3) is 0.474. The van der Waals surface area contributed by atoms with Gasteiger partial charge in [0.1, 0.15) is 5.82 Å². The van der Waals surface area contributed by atoms with Gasteiger partial charge in [-0.05, 0) is 30.5 Å². The van der Waals surface area contributed by atoms with E-state index in [1.54, 1.807) is 28.8 Å². The smallest absolute Gasteiger partial charge is 0.231 e. The molecule has 150 valence electrons. The highest BCUT2D eigenvalue weighted by atomic mass is 32.2. The van der Waals surface area contributed by atoms with Gasteiger partial charge in [-0.15, -0.1) is 10.2 Å². The van der Waals surface area contributed by atoms with E-state index in [9.17, 15) is 14.0 Å². The van der Waals surface area contributed by atoms with Gasteiger partial charge in [0.25, 0.3) is 0 Å². The van der Waals surface area contributed by atoms with Gasteiger partial charge in [-0.2, -0.15) is 0 Å². The first-order valence-electron chi connectivity index (χ1n) is 9.27. The summed E-state index contributed by atoms with van der Waals surface area (Å²) in [5, 5.41) is 11.8. The summed E-state index contributed by atoms with van der Waals surface area (Å²) in [6.45, 7) is 5.14. The second kappa shape index (κ2) is 9.47. The van der Waals surface area contributed by atoms with E-state index in [-0.39, 0.29) is 24.1 Å². The predicted molar refractivity (Wildman–Crippen MR) is 109 cm³/mol. The Morgan fingerprint density at radius 3 is 2.86 bits per heavy atom. The predicted octanol–water partition coefficient (Wildman–Crippen LogP) is 3.60. The van der Waals surface area contributed by atoms with E-state index in [0.717, 1.165) is 16.3 Å². The Labute approximate surface area is 171 Å². The van der Waals surface area contributed by atoms with E-state index in [1.165, 1.54) is 23.5 Å². The quantitative estimate of drug-likeness (QED) is 0.520. The highest BCUT2D eigenvalue weighted by Gasteiger charge is 2.34. The van der Waals surface area contributed by atoms with Crippen molar-refractivity contribution in [2.45, 2.75) is 42.7 Å². The van der Waals surface area contributed by atoms with Crippen molar-refractivity contribution in [2.24, 2.45) is 5.92 Å². The molecule has 6 nitrogen and oxygen atoms in total. The lowest BCUT2D eigenvalue weighted by atomic mass is 10.1. The molecule has 0 aliphatic carbocycles. The molecule has 1 saturated heterocycles. The second-order valence-corrected chi connectivity index (χ2v) is 9.48. The number of hydrogen-bond donors (Lipinski definition) is 1. The maximum Gasteiger partial charge on any atom is 0.231 e. The first-order chi connectivity index (χ1) is 13.4. The van der Waals surface area contributed by atoms with Crippen LogP contribution >= 0.6 is 23.1 Å². The summed E-state index contributed by atoms with van der Waals surface area (Å²) in [7, 11) is 0. The maximum atomic E-state index is 13.0. The second-order valence-electron chi connectivity index (χ2n) is 6.82. The number of carbonyl (C=O) groups is 2. The number of nitrogens with one attached hydrogen (secondary N) is 1. The Hall–Kier alpha value is -2.00. The Bertz CT molecular complexity index is 828. The molecule has 1 N–H and O–H groups in total. The molecule has 2 amide bonds. The molecule has 9 heteroatoms. The number of hydrogen-bond acceptors (Lipinski definition) is 6. The molecule has 1 aromatic heterocycles. The molecule has 0 bridgehead atoms. The van der Waals surface area contributed by atoms with Crippen molar-refractivity contribution in [2.75, 3.05) is 18.4 Å². The van der Waals surface area contributed by atoms with Gasteiger partial charge in [-0.25, -0.2) is 4.39 Å². The molecule has 0 spiro atoms. The highest BCUT2D eigenvalue weighted by molar-refractivity contribution is 8.01. The number of thioether (sulfide) groups is 1. The first-order valence-corrected chi connectivity index (χ1v) is 11.0. The number of halogens is 1. The Morgan fingerprint density at radius 1 is 1.39 bits per heavy atom. The normalized spacial score (nSPS) is 17.8. The standard InChI is InChI=1S/C19H23FN4O2S2/c1-3-12(2)27-19-23-22-18(28-19)21-17(26)14-10-16(25)24(11-14)9-8-13-4-6-15(20)7-5-13/h4-7,12,14H,3,8-11H2,1-2H3,(H,21,22,26). The summed E-state index contributed by atoms with van der Waals surface area (Å²) in [5.41, 5.74) is 0.960. The van der Waals surface area contributed by atoms with E-state index in [4.69, 9.17) is 0 Å². The number of carbonyl (C=O) groups excluding carboxylic acids is 2. The minimum Gasteiger partial charge on any atom is -0.342 e. The summed E-state index contributed by atoms with van der Waals surface area (Å²) in [4.78, 5) is 26.4. The molecule has 1 aromatic carbocycles. The monoisotopic (exact) mass is 422 g/mol. The largest absolute Gasteiger partial charge is 0.342 e. The summed E-state index contributed by atoms with van der Waals surface area (Å²) in [6, 6.07) is 6.25. The van der Waals surface area contributed by atoms with Crippen LogP contribution in [0.5, 0.6) is 0 Å². The van der Waals surface area contributed by atoms with Gasteiger partial charge >= 0.3 is 0 Å². The molecule has 0 radical (unpaired) electrons. The van der Waals surface area contributed by atoms with Crippen molar-refractivity contribution in [3.05, 3.63) is 35.6 Å². The number of likely N-dealkylation sites (tertiary alicyclic amines) is 1. The molecule has 3 rings (SSSR count). The molecule has 0 saturated carbocycles. The lowest BCUT2D eigenvalue weighted by molar-refractivity contribution is -0.128. The molecule has 2 aromatic rings. The molecule has 2 heterocycles. The lowest BCUT2D eigenvalue weighted by Crippen LogP contribution is -2.30. The third-order valence-electron chi connectivity index (χ3n) is 4.68. The van der Waals surface area contributed by atoms with Gasteiger partial charge in [0.15, 0.2) is 4.34 Å². The van der Waals surface area contributed by atoms with Gasteiger partial charge in [0.05, 0.1) is 5.92 Å². The molecule has 1 aliphatic heterocycles. The number of anilines is 1. The fourth-order valence-electron chi connectivity index (χ4n) is 2.85. The van der Waals surface area contributed by atoms with Gasteiger partial charge in [0, 0.05) is 24.8 Å². The maximum absolute atomic E-state index is 13.0. The molecule has 1 fully saturated rings. The van der Waals surface area contributed by atoms with E-state index < -0.39 is 5.92 Å². The average Bonchev–Trinajstić information content (AvgIpc) is 3.27. The van der Waals surface area contributed by atoms with Crippen LogP contribution in [0.4, 0.5) is 9.52 Å². The van der Waals surface area contributed by atoms with Crippen LogP contribution in [-0.2, 0) is 16.0 Å². The van der Waals surface area contributed by atoms with Crippen LogP contribution in [0.3, 0.4) is 0 Å². The lowest BCUT2D eigenvalue weighted by Gasteiger charge is -2.16. The summed E-state index contributed by atoms with van der Waals surface area (Å²) >= 11 is 2.99. The van der Waals surface area contributed by atoms with E-state index in [2.05, 4.69) is 29.4 Å². The third-order valence-corrected chi connectivity index (χ3v) is 6.87. The average molecular weight is 423 g/mol.